The predicted molar refractivity (Wildman–Crippen MR) is 50.7 cm³/mol. The Morgan fingerprint density at radius 2 is 2.36 bits per heavy atom. The van der Waals surface area contributed by atoms with Crippen LogP contribution in [0.5, 0.6) is 0 Å². The van der Waals surface area contributed by atoms with E-state index in [0.29, 0.717) is 6.54 Å². The summed E-state index contributed by atoms with van der Waals surface area (Å²) in [6.45, 7) is 3.32. The SMILES string of the molecule is COC(=O)[C@H]1[C@@H]2CCCN2C[C@]1(C)O. The molecule has 0 aromatic carbocycles. The van der Waals surface area contributed by atoms with E-state index in [1.165, 1.54) is 7.11 Å². The molecule has 0 aliphatic carbocycles. The maximum absolute atomic E-state index is 11.6. The summed E-state index contributed by atoms with van der Waals surface area (Å²) in [6.07, 6.45) is 2.12. The molecular weight excluding hydrogens is 182 g/mol. The lowest BCUT2D eigenvalue weighted by atomic mass is 9.86. The van der Waals surface area contributed by atoms with E-state index in [1.807, 2.05) is 0 Å². The van der Waals surface area contributed by atoms with Crippen molar-refractivity contribution in [1.29, 1.82) is 0 Å². The summed E-state index contributed by atoms with van der Waals surface area (Å²) in [5.41, 5.74) is -0.918. The van der Waals surface area contributed by atoms with Crippen LogP contribution in [0.3, 0.4) is 0 Å². The summed E-state index contributed by atoms with van der Waals surface area (Å²) >= 11 is 0. The number of ether oxygens (including phenoxy) is 1. The van der Waals surface area contributed by atoms with Crippen LogP contribution in [0.2, 0.25) is 0 Å². The third-order valence-electron chi connectivity index (χ3n) is 3.45. The second-order valence-corrected chi connectivity index (χ2v) is 4.54. The molecule has 3 atom stereocenters. The van der Waals surface area contributed by atoms with Gasteiger partial charge < -0.3 is 9.84 Å². The molecule has 0 spiro atoms. The van der Waals surface area contributed by atoms with Gasteiger partial charge in [-0.3, -0.25) is 9.69 Å². The molecule has 0 bridgehead atoms. The first-order valence-electron chi connectivity index (χ1n) is 5.10. The smallest absolute Gasteiger partial charge is 0.313 e. The van der Waals surface area contributed by atoms with Crippen LogP contribution in [0.15, 0.2) is 0 Å². The molecule has 2 saturated heterocycles. The zero-order valence-electron chi connectivity index (χ0n) is 8.69. The Bertz CT molecular complexity index is 252. The van der Waals surface area contributed by atoms with Gasteiger partial charge in [0.2, 0.25) is 0 Å². The van der Waals surface area contributed by atoms with Gasteiger partial charge in [0.1, 0.15) is 5.92 Å². The van der Waals surface area contributed by atoms with Crippen LogP contribution in [0.4, 0.5) is 0 Å². The van der Waals surface area contributed by atoms with Crippen LogP contribution < -0.4 is 0 Å². The van der Waals surface area contributed by atoms with E-state index in [1.54, 1.807) is 6.92 Å². The summed E-state index contributed by atoms with van der Waals surface area (Å²) in [4.78, 5) is 13.8. The first-order valence-corrected chi connectivity index (χ1v) is 5.10. The molecule has 0 unspecified atom stereocenters. The minimum absolute atomic E-state index is 0.192. The highest BCUT2D eigenvalue weighted by Gasteiger charge is 2.54. The van der Waals surface area contributed by atoms with Gasteiger partial charge in [-0.1, -0.05) is 0 Å². The Balaban J connectivity index is 2.22. The quantitative estimate of drug-likeness (QED) is 0.604. The lowest BCUT2D eigenvalue weighted by Crippen LogP contribution is -2.41. The van der Waals surface area contributed by atoms with Crippen LogP contribution in [-0.4, -0.2) is 47.8 Å². The molecule has 2 aliphatic rings. The van der Waals surface area contributed by atoms with Gasteiger partial charge >= 0.3 is 5.97 Å². The molecule has 14 heavy (non-hydrogen) atoms. The molecular formula is C10H17NO3. The number of carbonyl (C=O) groups excluding carboxylic acids is 1. The van der Waals surface area contributed by atoms with Gasteiger partial charge in [-0.15, -0.1) is 0 Å². The highest BCUT2D eigenvalue weighted by atomic mass is 16.5. The van der Waals surface area contributed by atoms with Crippen molar-refractivity contribution < 1.29 is 14.6 Å². The second-order valence-electron chi connectivity index (χ2n) is 4.54. The third kappa shape index (κ3) is 1.33. The number of rotatable bonds is 1. The first-order chi connectivity index (χ1) is 6.56. The van der Waals surface area contributed by atoms with Crippen molar-refractivity contribution in [3.8, 4) is 0 Å². The van der Waals surface area contributed by atoms with Gasteiger partial charge in [-0.05, 0) is 26.3 Å². The van der Waals surface area contributed by atoms with E-state index < -0.39 is 5.60 Å². The average Bonchev–Trinajstić information content (AvgIpc) is 2.59. The molecule has 4 heteroatoms. The van der Waals surface area contributed by atoms with Crippen LogP contribution in [0.25, 0.3) is 0 Å². The van der Waals surface area contributed by atoms with E-state index in [-0.39, 0.29) is 17.9 Å². The van der Waals surface area contributed by atoms with Crippen molar-refractivity contribution >= 4 is 5.97 Å². The Morgan fingerprint density at radius 1 is 1.64 bits per heavy atom. The van der Waals surface area contributed by atoms with Crippen molar-refractivity contribution in [1.82, 2.24) is 4.90 Å². The number of nitrogens with zero attached hydrogens (tertiary/aromatic N) is 1. The van der Waals surface area contributed by atoms with E-state index in [0.717, 1.165) is 19.4 Å². The predicted octanol–water partition coefficient (Wildman–Crippen LogP) is 0.00460. The number of hydrogen-bond acceptors (Lipinski definition) is 4. The Morgan fingerprint density at radius 3 is 3.00 bits per heavy atom. The normalized spacial score (nSPS) is 42.5. The number of carbonyl (C=O) groups is 1. The van der Waals surface area contributed by atoms with Crippen molar-refractivity contribution in [2.45, 2.75) is 31.4 Å². The molecule has 2 aliphatic heterocycles. The van der Waals surface area contributed by atoms with E-state index in [4.69, 9.17) is 4.74 Å². The number of aliphatic hydroxyl groups is 1. The molecule has 2 heterocycles. The monoisotopic (exact) mass is 199 g/mol. The largest absolute Gasteiger partial charge is 0.469 e. The van der Waals surface area contributed by atoms with Crippen molar-refractivity contribution in [2.24, 2.45) is 5.92 Å². The highest BCUT2D eigenvalue weighted by Crippen LogP contribution is 2.39. The summed E-state index contributed by atoms with van der Waals surface area (Å²) in [5.74, 6) is -0.639. The summed E-state index contributed by atoms with van der Waals surface area (Å²) in [7, 11) is 1.38. The van der Waals surface area contributed by atoms with Gasteiger partial charge in [-0.2, -0.15) is 0 Å². The van der Waals surface area contributed by atoms with Crippen LogP contribution in [-0.2, 0) is 9.53 Å². The molecule has 0 amide bonds. The number of hydrogen-bond donors (Lipinski definition) is 1. The zero-order valence-corrected chi connectivity index (χ0v) is 8.69. The van der Waals surface area contributed by atoms with Crippen molar-refractivity contribution in [3.05, 3.63) is 0 Å². The van der Waals surface area contributed by atoms with Crippen molar-refractivity contribution in [3.63, 3.8) is 0 Å². The molecule has 1 N–H and O–H groups in total. The topological polar surface area (TPSA) is 49.8 Å². The number of methoxy groups -OCH3 is 1. The molecule has 2 rings (SSSR count). The number of esters is 1. The average molecular weight is 199 g/mol. The summed E-state index contributed by atoms with van der Waals surface area (Å²) < 4.78 is 4.75. The van der Waals surface area contributed by atoms with E-state index in [9.17, 15) is 9.90 Å². The second kappa shape index (κ2) is 3.21. The van der Waals surface area contributed by atoms with Gasteiger partial charge in [-0.25, -0.2) is 0 Å². The van der Waals surface area contributed by atoms with Crippen LogP contribution in [0.1, 0.15) is 19.8 Å². The Labute approximate surface area is 83.8 Å². The zero-order chi connectivity index (χ0) is 10.3. The minimum atomic E-state index is -0.918. The summed E-state index contributed by atoms with van der Waals surface area (Å²) in [6, 6.07) is 0.192. The fourth-order valence-electron chi connectivity index (χ4n) is 2.89. The molecule has 80 valence electrons. The molecule has 4 nitrogen and oxygen atoms in total. The van der Waals surface area contributed by atoms with Crippen molar-refractivity contribution in [2.75, 3.05) is 20.2 Å². The van der Waals surface area contributed by atoms with Gasteiger partial charge in [0, 0.05) is 12.6 Å². The summed E-state index contributed by atoms with van der Waals surface area (Å²) in [5, 5.41) is 10.1. The van der Waals surface area contributed by atoms with Crippen LogP contribution >= 0.6 is 0 Å². The first kappa shape index (κ1) is 9.93. The maximum atomic E-state index is 11.6. The fraction of sp³-hybridized carbons (Fsp3) is 0.900. The molecule has 2 fully saturated rings. The maximum Gasteiger partial charge on any atom is 0.313 e. The molecule has 0 saturated carbocycles. The fourth-order valence-corrected chi connectivity index (χ4v) is 2.89. The highest BCUT2D eigenvalue weighted by molar-refractivity contribution is 5.75. The standard InChI is InChI=1S/C10H17NO3/c1-10(13)6-11-5-3-4-7(11)8(10)9(12)14-2/h7-8,13H,3-6H2,1-2H3/t7-,8+,10-/m0/s1. The lowest BCUT2D eigenvalue weighted by molar-refractivity contribution is -0.152. The van der Waals surface area contributed by atoms with Gasteiger partial charge in [0.25, 0.3) is 0 Å². The van der Waals surface area contributed by atoms with E-state index >= 15 is 0 Å². The van der Waals surface area contributed by atoms with Gasteiger partial charge in [0.15, 0.2) is 0 Å². The van der Waals surface area contributed by atoms with Crippen LogP contribution in [0, 0.1) is 5.92 Å². The Kier molecular flexibility index (Phi) is 2.27. The molecule has 0 aromatic heterocycles. The van der Waals surface area contributed by atoms with Gasteiger partial charge in [0.05, 0.1) is 12.7 Å². The molecule has 0 radical (unpaired) electrons. The third-order valence-corrected chi connectivity index (χ3v) is 3.45. The number of fused-ring (bicyclic) bond motifs is 1. The Hall–Kier alpha value is -0.610. The lowest BCUT2D eigenvalue weighted by Gasteiger charge is -2.24. The molecule has 0 aromatic rings. The minimum Gasteiger partial charge on any atom is -0.469 e. The van der Waals surface area contributed by atoms with E-state index in [2.05, 4.69) is 4.90 Å².